The van der Waals surface area contributed by atoms with Crippen LogP contribution in [0.25, 0.3) is 0 Å². The third-order valence-corrected chi connectivity index (χ3v) is 7.11. The molecule has 0 bridgehead atoms. The Kier molecular flexibility index (Phi) is 4.67. The highest BCUT2D eigenvalue weighted by Gasteiger charge is 2.46. The number of benzene rings is 1. The predicted molar refractivity (Wildman–Crippen MR) is 107 cm³/mol. The minimum Gasteiger partial charge on any atom is -0.322 e. The van der Waals surface area contributed by atoms with Crippen LogP contribution in [0.1, 0.15) is 53.6 Å². The van der Waals surface area contributed by atoms with Gasteiger partial charge >= 0.3 is 0 Å². The third-order valence-electron chi connectivity index (χ3n) is 7.11. The van der Waals surface area contributed by atoms with Crippen molar-refractivity contribution >= 4 is 17.7 Å². The van der Waals surface area contributed by atoms with E-state index in [1.165, 1.54) is 24.8 Å². The number of hydrogen-bond acceptors (Lipinski definition) is 5. The summed E-state index contributed by atoms with van der Waals surface area (Å²) in [5, 5.41) is 9.53. The number of rotatable bonds is 6. The Bertz CT molecular complexity index is 858. The van der Waals surface area contributed by atoms with Crippen molar-refractivity contribution in [3.8, 4) is 0 Å². The molecule has 3 aliphatic heterocycles. The zero-order chi connectivity index (χ0) is 20.0. The third kappa shape index (κ3) is 3.46. The van der Waals surface area contributed by atoms with Crippen molar-refractivity contribution in [2.24, 2.45) is 11.3 Å². The average Bonchev–Trinajstić information content (AvgIpc) is 3.38. The summed E-state index contributed by atoms with van der Waals surface area (Å²) in [6, 6.07) is 5.42. The predicted octanol–water partition coefficient (Wildman–Crippen LogP) is 0.927. The van der Waals surface area contributed by atoms with Crippen LogP contribution in [0.5, 0.6) is 0 Å². The van der Waals surface area contributed by atoms with Crippen molar-refractivity contribution in [1.29, 1.82) is 0 Å². The molecule has 7 heteroatoms. The first-order chi connectivity index (χ1) is 14.1. The van der Waals surface area contributed by atoms with Gasteiger partial charge in [-0.3, -0.25) is 19.7 Å². The Morgan fingerprint density at radius 3 is 2.76 bits per heavy atom. The lowest BCUT2D eigenvalue weighted by atomic mass is 9.81. The second-order valence-electron chi connectivity index (χ2n) is 9.06. The van der Waals surface area contributed by atoms with Gasteiger partial charge in [-0.1, -0.05) is 12.1 Å². The van der Waals surface area contributed by atoms with E-state index in [4.69, 9.17) is 0 Å². The molecule has 7 nitrogen and oxygen atoms in total. The first-order valence-electron chi connectivity index (χ1n) is 10.7. The first kappa shape index (κ1) is 18.8. The van der Waals surface area contributed by atoms with E-state index in [-0.39, 0.29) is 24.1 Å². The first-order valence-corrected chi connectivity index (χ1v) is 10.7. The van der Waals surface area contributed by atoms with E-state index >= 15 is 0 Å². The maximum atomic E-state index is 12.8. The van der Waals surface area contributed by atoms with Crippen LogP contribution in [0.2, 0.25) is 0 Å². The number of amides is 3. The lowest BCUT2D eigenvalue weighted by molar-refractivity contribution is -0.136. The van der Waals surface area contributed by atoms with E-state index in [0.717, 1.165) is 37.7 Å². The minimum absolute atomic E-state index is 0.112. The highest BCUT2D eigenvalue weighted by atomic mass is 16.2. The van der Waals surface area contributed by atoms with Crippen LogP contribution in [0, 0.1) is 11.3 Å². The topological polar surface area (TPSA) is 90.5 Å². The molecule has 4 aliphatic rings. The molecule has 0 aromatic heterocycles. The number of nitrogens with zero attached hydrogens (tertiary/aromatic N) is 1. The summed E-state index contributed by atoms with van der Waals surface area (Å²) in [6.07, 6.45) is 4.66. The summed E-state index contributed by atoms with van der Waals surface area (Å²) in [5.74, 6) is 0.133. The Labute approximate surface area is 170 Å². The molecule has 3 N–H and O–H groups in total. The number of nitrogens with one attached hydrogen (secondary N) is 3. The van der Waals surface area contributed by atoms with Gasteiger partial charge in [-0.15, -0.1) is 0 Å². The summed E-state index contributed by atoms with van der Waals surface area (Å²) in [6.45, 7) is 4.49. The van der Waals surface area contributed by atoms with Crippen LogP contribution >= 0.6 is 0 Å². The summed E-state index contributed by atoms with van der Waals surface area (Å²) in [5.41, 5.74) is 3.22. The molecular formula is C22H28N4O3. The number of carbonyl (C=O) groups is 3. The molecule has 0 spiro atoms. The van der Waals surface area contributed by atoms with E-state index in [1.807, 2.05) is 12.1 Å². The van der Waals surface area contributed by atoms with Crippen molar-refractivity contribution in [3.05, 3.63) is 34.9 Å². The minimum atomic E-state index is -0.553. The lowest BCUT2D eigenvalue weighted by Gasteiger charge is -2.29. The van der Waals surface area contributed by atoms with E-state index in [0.29, 0.717) is 23.9 Å². The van der Waals surface area contributed by atoms with Crippen molar-refractivity contribution < 1.29 is 14.4 Å². The highest BCUT2D eigenvalue weighted by Crippen LogP contribution is 2.48. The molecule has 1 saturated carbocycles. The molecule has 1 aromatic rings. The van der Waals surface area contributed by atoms with E-state index < -0.39 is 6.04 Å². The van der Waals surface area contributed by atoms with E-state index in [1.54, 1.807) is 4.90 Å². The highest BCUT2D eigenvalue weighted by molar-refractivity contribution is 6.05. The quantitative estimate of drug-likeness (QED) is 0.623. The van der Waals surface area contributed by atoms with Gasteiger partial charge < -0.3 is 15.5 Å². The van der Waals surface area contributed by atoms with Crippen LogP contribution in [0.15, 0.2) is 18.2 Å². The fourth-order valence-corrected chi connectivity index (χ4v) is 5.30. The second-order valence-corrected chi connectivity index (χ2v) is 9.06. The number of carbonyl (C=O) groups excluding carboxylic acids is 3. The Hall–Kier alpha value is -2.25. The van der Waals surface area contributed by atoms with Gasteiger partial charge in [0.1, 0.15) is 6.04 Å². The van der Waals surface area contributed by atoms with E-state index in [9.17, 15) is 14.4 Å². The maximum Gasteiger partial charge on any atom is 0.255 e. The molecule has 5 rings (SSSR count). The summed E-state index contributed by atoms with van der Waals surface area (Å²) < 4.78 is 0. The van der Waals surface area contributed by atoms with Gasteiger partial charge in [0, 0.05) is 38.2 Å². The monoisotopic (exact) mass is 396 g/mol. The van der Waals surface area contributed by atoms with Gasteiger partial charge in [0.15, 0.2) is 0 Å². The normalized spacial score (nSPS) is 29.3. The fourth-order valence-electron chi connectivity index (χ4n) is 5.30. The standard InChI is InChI=1S/C22H28N4O3/c27-19-6-5-18(20(28)25-19)26-11-15-9-14(1-4-17(15)21(26)29)10-24-13-22(16-2-3-16)7-8-23-12-22/h1,4,9,16,18,23-24H,2-3,5-8,10-13H2,(H,25,27,28). The number of piperidine rings is 1. The largest absolute Gasteiger partial charge is 0.322 e. The molecule has 154 valence electrons. The zero-order valence-corrected chi connectivity index (χ0v) is 16.6. The van der Waals surface area contributed by atoms with E-state index in [2.05, 4.69) is 22.0 Å². The van der Waals surface area contributed by atoms with Gasteiger partial charge in [0.2, 0.25) is 11.8 Å². The van der Waals surface area contributed by atoms with Gasteiger partial charge in [-0.2, -0.15) is 0 Å². The molecular weight excluding hydrogens is 368 g/mol. The fraction of sp³-hybridized carbons (Fsp3) is 0.591. The molecule has 3 fully saturated rings. The molecule has 2 saturated heterocycles. The Balaban J connectivity index is 1.23. The molecule has 1 aromatic carbocycles. The number of imide groups is 1. The van der Waals surface area contributed by atoms with Gasteiger partial charge in [0.25, 0.3) is 5.91 Å². The van der Waals surface area contributed by atoms with Crippen LogP contribution < -0.4 is 16.0 Å². The molecule has 2 unspecified atom stereocenters. The van der Waals surface area contributed by atoms with Gasteiger partial charge in [-0.25, -0.2) is 0 Å². The van der Waals surface area contributed by atoms with Crippen LogP contribution in [0.3, 0.4) is 0 Å². The lowest BCUT2D eigenvalue weighted by Crippen LogP contribution is -2.52. The van der Waals surface area contributed by atoms with Crippen molar-refractivity contribution in [2.75, 3.05) is 19.6 Å². The smallest absolute Gasteiger partial charge is 0.255 e. The maximum absolute atomic E-state index is 12.8. The zero-order valence-electron chi connectivity index (χ0n) is 16.6. The molecule has 0 radical (unpaired) electrons. The van der Waals surface area contributed by atoms with Crippen molar-refractivity contribution in [3.63, 3.8) is 0 Å². The summed E-state index contributed by atoms with van der Waals surface area (Å²) in [7, 11) is 0. The second kappa shape index (κ2) is 7.22. The van der Waals surface area contributed by atoms with Crippen LogP contribution in [-0.2, 0) is 22.7 Å². The molecule has 29 heavy (non-hydrogen) atoms. The molecule has 3 amide bonds. The Morgan fingerprint density at radius 2 is 2.03 bits per heavy atom. The molecule has 2 atom stereocenters. The average molecular weight is 396 g/mol. The summed E-state index contributed by atoms with van der Waals surface area (Å²) >= 11 is 0. The number of fused-ring (bicyclic) bond motifs is 1. The van der Waals surface area contributed by atoms with Crippen LogP contribution in [-0.4, -0.2) is 48.3 Å². The Morgan fingerprint density at radius 1 is 1.17 bits per heavy atom. The van der Waals surface area contributed by atoms with Gasteiger partial charge in [-0.05, 0) is 60.8 Å². The van der Waals surface area contributed by atoms with Crippen molar-refractivity contribution in [2.45, 2.75) is 51.2 Å². The van der Waals surface area contributed by atoms with Crippen LogP contribution in [0.4, 0.5) is 0 Å². The van der Waals surface area contributed by atoms with Gasteiger partial charge in [0.05, 0.1) is 0 Å². The summed E-state index contributed by atoms with van der Waals surface area (Å²) in [4.78, 5) is 38.0. The molecule has 3 heterocycles. The number of hydrogen-bond donors (Lipinski definition) is 3. The van der Waals surface area contributed by atoms with Crippen molar-refractivity contribution in [1.82, 2.24) is 20.9 Å². The molecule has 1 aliphatic carbocycles. The SMILES string of the molecule is O=C1CCC(N2Cc3cc(CNCC4(C5CC5)CCNC4)ccc3C2=O)C(=O)N1.